The monoisotopic (exact) mass is 445 g/mol. The Balaban J connectivity index is 1.80. The van der Waals surface area contributed by atoms with Crippen LogP contribution < -0.4 is 4.90 Å². The molecule has 4 rings (SSSR count). The van der Waals surface area contributed by atoms with Crippen LogP contribution in [0.3, 0.4) is 0 Å². The molecule has 160 valence electrons. The molecule has 0 unspecified atom stereocenters. The van der Waals surface area contributed by atoms with Gasteiger partial charge in [0, 0.05) is 31.0 Å². The molecule has 1 aromatic carbocycles. The minimum Gasteiger partial charge on any atom is -0.370 e. The Kier molecular flexibility index (Phi) is 5.58. The van der Waals surface area contributed by atoms with Crippen molar-refractivity contribution in [3.8, 4) is 22.8 Å². The fourth-order valence-corrected chi connectivity index (χ4v) is 3.69. The number of aromatic nitrogens is 4. The predicted octanol–water partition coefficient (Wildman–Crippen LogP) is 6.21. The minimum atomic E-state index is -4.46. The first-order chi connectivity index (χ1) is 14.8. The second-order valence-electron chi connectivity index (χ2n) is 6.91. The van der Waals surface area contributed by atoms with Crippen LogP contribution in [-0.2, 0) is 6.18 Å². The lowest BCUT2D eigenvalue weighted by molar-refractivity contribution is -0.137. The van der Waals surface area contributed by atoms with Crippen LogP contribution in [0, 0.1) is 0 Å². The van der Waals surface area contributed by atoms with E-state index in [1.54, 1.807) is 36.7 Å². The summed E-state index contributed by atoms with van der Waals surface area (Å²) in [5.41, 5.74) is 2.35. The third-order valence-electron chi connectivity index (χ3n) is 5.04. The Morgan fingerprint density at radius 2 is 1.84 bits per heavy atom. The summed E-state index contributed by atoms with van der Waals surface area (Å²) in [5, 5.41) is 0.504. The first-order valence-electron chi connectivity index (χ1n) is 9.75. The minimum absolute atomic E-state index is 0.311. The van der Waals surface area contributed by atoms with E-state index in [0.717, 1.165) is 17.7 Å². The standard InChI is InChI=1S/C22H19ClF3N5/c1-3-31(4-2)18-11-14(22(24,25)26)10-17-20(18)30-21(29-17)16-8-7-13(12-28-16)19-15(23)6-5-9-27-19/h5-12H,3-4H2,1-2H3,(H,29,30). The Labute approximate surface area is 181 Å². The van der Waals surface area contributed by atoms with Crippen molar-refractivity contribution >= 4 is 28.3 Å². The number of halogens is 4. The summed E-state index contributed by atoms with van der Waals surface area (Å²) in [6, 6.07) is 9.26. The molecule has 0 spiro atoms. The maximum atomic E-state index is 13.5. The second kappa shape index (κ2) is 8.19. The number of hydrogen-bond donors (Lipinski definition) is 1. The molecule has 0 aliphatic carbocycles. The van der Waals surface area contributed by atoms with Crippen molar-refractivity contribution in [1.29, 1.82) is 0 Å². The molecule has 1 N–H and O–H groups in total. The van der Waals surface area contributed by atoms with Gasteiger partial charge in [-0.05, 0) is 50.2 Å². The SMILES string of the molecule is CCN(CC)c1cc(C(F)(F)F)cc2[nH]c(-c3ccc(-c4ncccc4Cl)cn3)nc12. The van der Waals surface area contributed by atoms with Crippen LogP contribution in [0.15, 0.2) is 48.8 Å². The zero-order valence-electron chi connectivity index (χ0n) is 16.8. The molecule has 9 heteroatoms. The molecule has 0 saturated heterocycles. The number of alkyl halides is 3. The number of anilines is 1. The fourth-order valence-electron chi connectivity index (χ4n) is 3.46. The molecule has 5 nitrogen and oxygen atoms in total. The predicted molar refractivity (Wildman–Crippen MR) is 116 cm³/mol. The summed E-state index contributed by atoms with van der Waals surface area (Å²) in [6.07, 6.45) is -1.20. The van der Waals surface area contributed by atoms with E-state index in [1.807, 2.05) is 18.7 Å². The van der Waals surface area contributed by atoms with Crippen molar-refractivity contribution in [2.45, 2.75) is 20.0 Å². The number of nitrogens with zero attached hydrogens (tertiary/aromatic N) is 4. The molecule has 3 aromatic heterocycles. The molecule has 0 amide bonds. The summed E-state index contributed by atoms with van der Waals surface area (Å²) in [6.45, 7) is 4.91. The van der Waals surface area contributed by atoms with E-state index in [4.69, 9.17) is 11.6 Å². The lowest BCUT2D eigenvalue weighted by Gasteiger charge is -2.22. The average molecular weight is 446 g/mol. The van der Waals surface area contributed by atoms with Gasteiger partial charge in [0.1, 0.15) is 11.2 Å². The Morgan fingerprint density at radius 1 is 1.06 bits per heavy atom. The molecule has 3 heterocycles. The highest BCUT2D eigenvalue weighted by Gasteiger charge is 2.32. The average Bonchev–Trinajstić information content (AvgIpc) is 3.19. The van der Waals surface area contributed by atoms with Crippen LogP contribution in [0.2, 0.25) is 5.02 Å². The van der Waals surface area contributed by atoms with Crippen molar-refractivity contribution in [2.75, 3.05) is 18.0 Å². The van der Waals surface area contributed by atoms with E-state index in [0.29, 0.717) is 52.0 Å². The van der Waals surface area contributed by atoms with Gasteiger partial charge in [0.2, 0.25) is 0 Å². The Bertz CT molecular complexity index is 1210. The zero-order valence-corrected chi connectivity index (χ0v) is 17.6. The van der Waals surface area contributed by atoms with Crippen LogP contribution in [0.5, 0.6) is 0 Å². The van der Waals surface area contributed by atoms with E-state index < -0.39 is 11.7 Å². The van der Waals surface area contributed by atoms with E-state index in [9.17, 15) is 13.2 Å². The fraction of sp³-hybridized carbons (Fsp3) is 0.227. The zero-order chi connectivity index (χ0) is 22.2. The number of imidazole rings is 1. The molecular formula is C22H19ClF3N5. The van der Waals surface area contributed by atoms with Gasteiger partial charge in [-0.3, -0.25) is 9.97 Å². The van der Waals surface area contributed by atoms with Crippen molar-refractivity contribution in [3.05, 3.63) is 59.4 Å². The molecular weight excluding hydrogens is 427 g/mol. The summed E-state index contributed by atoms with van der Waals surface area (Å²) < 4.78 is 40.4. The van der Waals surface area contributed by atoms with Crippen molar-refractivity contribution < 1.29 is 13.2 Å². The summed E-state index contributed by atoms with van der Waals surface area (Å²) in [4.78, 5) is 18.1. The number of hydrogen-bond acceptors (Lipinski definition) is 4. The molecule has 0 bridgehead atoms. The van der Waals surface area contributed by atoms with Crippen LogP contribution in [0.4, 0.5) is 18.9 Å². The van der Waals surface area contributed by atoms with Gasteiger partial charge in [0.15, 0.2) is 5.82 Å². The van der Waals surface area contributed by atoms with Gasteiger partial charge < -0.3 is 9.88 Å². The van der Waals surface area contributed by atoms with Crippen LogP contribution in [0.1, 0.15) is 19.4 Å². The molecule has 0 aliphatic heterocycles. The first-order valence-corrected chi connectivity index (χ1v) is 10.1. The summed E-state index contributed by atoms with van der Waals surface area (Å²) in [5.74, 6) is 0.390. The molecule has 0 aliphatic rings. The Hall–Kier alpha value is -3.13. The van der Waals surface area contributed by atoms with Crippen LogP contribution in [0.25, 0.3) is 33.8 Å². The second-order valence-corrected chi connectivity index (χ2v) is 7.32. The van der Waals surface area contributed by atoms with Crippen molar-refractivity contribution in [3.63, 3.8) is 0 Å². The van der Waals surface area contributed by atoms with E-state index in [-0.39, 0.29) is 0 Å². The smallest absolute Gasteiger partial charge is 0.370 e. The van der Waals surface area contributed by atoms with Gasteiger partial charge in [-0.2, -0.15) is 13.2 Å². The van der Waals surface area contributed by atoms with Gasteiger partial charge in [-0.25, -0.2) is 4.98 Å². The van der Waals surface area contributed by atoms with Crippen LogP contribution in [-0.4, -0.2) is 33.0 Å². The molecule has 0 atom stereocenters. The normalized spacial score (nSPS) is 11.8. The lowest BCUT2D eigenvalue weighted by atomic mass is 10.1. The highest BCUT2D eigenvalue weighted by Crippen LogP contribution is 2.37. The molecule has 0 saturated carbocycles. The number of aromatic amines is 1. The summed E-state index contributed by atoms with van der Waals surface area (Å²) >= 11 is 6.19. The Morgan fingerprint density at radius 3 is 2.45 bits per heavy atom. The first kappa shape index (κ1) is 21.1. The van der Waals surface area contributed by atoms with E-state index in [2.05, 4.69) is 19.9 Å². The third-order valence-corrected chi connectivity index (χ3v) is 5.34. The van der Waals surface area contributed by atoms with E-state index >= 15 is 0 Å². The van der Waals surface area contributed by atoms with Crippen molar-refractivity contribution in [2.24, 2.45) is 0 Å². The number of rotatable bonds is 5. The highest BCUT2D eigenvalue weighted by molar-refractivity contribution is 6.33. The molecule has 31 heavy (non-hydrogen) atoms. The lowest BCUT2D eigenvalue weighted by Crippen LogP contribution is -2.22. The maximum Gasteiger partial charge on any atom is 0.416 e. The number of H-pyrrole nitrogens is 1. The van der Waals surface area contributed by atoms with Gasteiger partial charge >= 0.3 is 6.18 Å². The largest absolute Gasteiger partial charge is 0.416 e. The van der Waals surface area contributed by atoms with Gasteiger partial charge in [-0.1, -0.05) is 11.6 Å². The molecule has 4 aromatic rings. The van der Waals surface area contributed by atoms with Gasteiger partial charge in [0.25, 0.3) is 0 Å². The highest BCUT2D eigenvalue weighted by atomic mass is 35.5. The summed E-state index contributed by atoms with van der Waals surface area (Å²) in [7, 11) is 0. The van der Waals surface area contributed by atoms with Gasteiger partial charge in [0.05, 0.1) is 27.5 Å². The molecule has 0 fully saturated rings. The third kappa shape index (κ3) is 4.07. The number of pyridine rings is 2. The quantitative estimate of drug-likeness (QED) is 0.397. The van der Waals surface area contributed by atoms with Gasteiger partial charge in [-0.15, -0.1) is 0 Å². The van der Waals surface area contributed by atoms with E-state index in [1.165, 1.54) is 0 Å². The topological polar surface area (TPSA) is 57.7 Å². The number of fused-ring (bicyclic) bond motifs is 1. The van der Waals surface area contributed by atoms with Crippen molar-refractivity contribution in [1.82, 2.24) is 19.9 Å². The van der Waals surface area contributed by atoms with Crippen LogP contribution >= 0.6 is 11.6 Å². The molecule has 0 radical (unpaired) electrons. The maximum absolute atomic E-state index is 13.5. The number of benzene rings is 1. The number of nitrogens with one attached hydrogen (secondary N) is 1.